The average Bonchev–Trinajstić information content (AvgIpc) is 2.65. The molecule has 1 amide bonds. The van der Waals surface area contributed by atoms with Gasteiger partial charge in [0.05, 0.1) is 11.3 Å². The van der Waals surface area contributed by atoms with Gasteiger partial charge in [0.1, 0.15) is 0 Å². The van der Waals surface area contributed by atoms with Crippen LogP contribution in [0, 0.1) is 3.57 Å². The largest absolute Gasteiger partial charge is 0.352 e. The van der Waals surface area contributed by atoms with Crippen molar-refractivity contribution < 1.29 is 13.2 Å². The highest BCUT2D eigenvalue weighted by Crippen LogP contribution is 2.21. The summed E-state index contributed by atoms with van der Waals surface area (Å²) in [6.45, 7) is 1.30. The second kappa shape index (κ2) is 8.49. The minimum absolute atomic E-state index is 0.0430. The molecule has 3 rings (SSSR count). The second-order valence-electron chi connectivity index (χ2n) is 6.26. The van der Waals surface area contributed by atoms with E-state index < -0.39 is 10.0 Å². The molecule has 1 heterocycles. The second-order valence-corrected chi connectivity index (χ2v) is 9.51. The number of amides is 1. The molecule has 0 fully saturated rings. The number of carbonyl (C=O) groups is 1. The number of rotatable bonds is 6. The third-order valence-electron chi connectivity index (χ3n) is 4.47. The molecule has 0 aliphatic carbocycles. The van der Waals surface area contributed by atoms with Crippen LogP contribution in [0.2, 0.25) is 0 Å². The number of hydrogen-bond donors (Lipinski definition) is 1. The molecule has 0 unspecified atom stereocenters. The molecule has 1 aliphatic heterocycles. The zero-order valence-electron chi connectivity index (χ0n) is 14.3. The quantitative estimate of drug-likeness (QED) is 0.507. The van der Waals surface area contributed by atoms with E-state index in [1.807, 2.05) is 36.4 Å². The Morgan fingerprint density at radius 3 is 2.54 bits per heavy atom. The lowest BCUT2D eigenvalue weighted by Crippen LogP contribution is -2.38. The Hall–Kier alpha value is -1.45. The summed E-state index contributed by atoms with van der Waals surface area (Å²) in [6, 6.07) is 15.3. The van der Waals surface area contributed by atoms with Gasteiger partial charge in [0.2, 0.25) is 10.0 Å². The van der Waals surface area contributed by atoms with Gasteiger partial charge < -0.3 is 5.32 Å². The summed E-state index contributed by atoms with van der Waals surface area (Å²) in [4.78, 5) is 12.2. The van der Waals surface area contributed by atoms with Crippen LogP contribution in [0.5, 0.6) is 0 Å². The lowest BCUT2D eigenvalue weighted by molar-refractivity contribution is 0.0952. The van der Waals surface area contributed by atoms with Gasteiger partial charge in [-0.3, -0.25) is 4.79 Å². The van der Waals surface area contributed by atoms with E-state index in [2.05, 4.69) is 34.0 Å². The van der Waals surface area contributed by atoms with Crippen LogP contribution in [0.3, 0.4) is 0 Å². The normalized spacial score (nSPS) is 14.7. The van der Waals surface area contributed by atoms with Crippen LogP contribution in [-0.2, 0) is 23.0 Å². The van der Waals surface area contributed by atoms with Crippen molar-refractivity contribution in [3.05, 3.63) is 68.8 Å². The van der Waals surface area contributed by atoms with Crippen LogP contribution >= 0.6 is 22.6 Å². The van der Waals surface area contributed by atoms with Crippen molar-refractivity contribution in [2.45, 2.75) is 19.4 Å². The molecule has 0 atom stereocenters. The molecule has 1 N–H and O–H groups in total. The molecular weight excluding hydrogens is 463 g/mol. The Balaban J connectivity index is 1.50. The van der Waals surface area contributed by atoms with Crippen molar-refractivity contribution in [3.63, 3.8) is 0 Å². The fraction of sp³-hybridized carbons (Fsp3) is 0.316. The molecule has 0 spiro atoms. The molecule has 2 aromatic rings. The smallest absolute Gasteiger partial charge is 0.252 e. The van der Waals surface area contributed by atoms with E-state index >= 15 is 0 Å². The maximum Gasteiger partial charge on any atom is 0.252 e. The third-order valence-corrected chi connectivity index (χ3v) is 7.32. The Bertz CT molecular complexity index is 899. The van der Waals surface area contributed by atoms with E-state index in [-0.39, 0.29) is 11.7 Å². The first-order valence-corrected chi connectivity index (χ1v) is 11.2. The van der Waals surface area contributed by atoms with Crippen molar-refractivity contribution in [2.24, 2.45) is 0 Å². The zero-order chi connectivity index (χ0) is 18.6. The molecule has 0 saturated carbocycles. The number of carbonyl (C=O) groups excluding carboxylic acids is 1. The molecule has 0 radical (unpaired) electrons. The molecule has 26 heavy (non-hydrogen) atoms. The Labute approximate surface area is 168 Å². The molecule has 0 bridgehead atoms. The topological polar surface area (TPSA) is 66.5 Å². The first kappa shape index (κ1) is 19.3. The van der Waals surface area contributed by atoms with Crippen LogP contribution in [0.4, 0.5) is 0 Å². The van der Waals surface area contributed by atoms with Gasteiger partial charge in [0, 0.05) is 23.2 Å². The monoisotopic (exact) mass is 484 g/mol. The number of halogens is 1. The maximum atomic E-state index is 12.6. The summed E-state index contributed by atoms with van der Waals surface area (Å²) < 4.78 is 27.6. The van der Waals surface area contributed by atoms with E-state index in [1.54, 1.807) is 10.4 Å². The SMILES string of the molecule is O=C(NCCCS(=O)(=O)N1CCc2ccccc2C1)c1ccccc1I. The van der Waals surface area contributed by atoms with E-state index in [9.17, 15) is 13.2 Å². The van der Waals surface area contributed by atoms with Crippen molar-refractivity contribution in [2.75, 3.05) is 18.8 Å². The lowest BCUT2D eigenvalue weighted by Gasteiger charge is -2.28. The molecule has 0 aromatic heterocycles. The van der Waals surface area contributed by atoms with Crippen molar-refractivity contribution in [1.82, 2.24) is 9.62 Å². The van der Waals surface area contributed by atoms with Crippen LogP contribution in [-0.4, -0.2) is 37.5 Å². The number of nitrogens with zero attached hydrogens (tertiary/aromatic N) is 1. The fourth-order valence-corrected chi connectivity index (χ4v) is 5.14. The standard InChI is InChI=1S/C19H21IN2O3S/c20-18-9-4-3-8-17(18)19(23)21-11-5-13-26(24,25)22-12-10-15-6-1-2-7-16(15)14-22/h1-4,6-9H,5,10-14H2,(H,21,23). The molecule has 0 saturated heterocycles. The molecular formula is C19H21IN2O3S. The van der Waals surface area contributed by atoms with Gasteiger partial charge in [-0.05, 0) is 58.7 Å². The predicted molar refractivity (Wildman–Crippen MR) is 110 cm³/mol. The highest BCUT2D eigenvalue weighted by atomic mass is 127. The Kier molecular flexibility index (Phi) is 6.31. The summed E-state index contributed by atoms with van der Waals surface area (Å²) in [5.41, 5.74) is 2.92. The zero-order valence-corrected chi connectivity index (χ0v) is 17.3. The third kappa shape index (κ3) is 4.63. The van der Waals surface area contributed by atoms with Gasteiger partial charge in [-0.25, -0.2) is 8.42 Å². The summed E-state index contributed by atoms with van der Waals surface area (Å²) in [7, 11) is -3.32. The van der Waals surface area contributed by atoms with Gasteiger partial charge in [0.25, 0.3) is 5.91 Å². The van der Waals surface area contributed by atoms with E-state index in [0.29, 0.717) is 31.6 Å². The first-order valence-electron chi connectivity index (χ1n) is 8.55. The molecule has 1 aliphatic rings. The minimum Gasteiger partial charge on any atom is -0.352 e. The van der Waals surface area contributed by atoms with Crippen molar-refractivity contribution >= 4 is 38.5 Å². The van der Waals surface area contributed by atoms with Gasteiger partial charge in [-0.2, -0.15) is 4.31 Å². The fourth-order valence-electron chi connectivity index (χ4n) is 3.03. The molecule has 7 heteroatoms. The number of nitrogens with one attached hydrogen (secondary N) is 1. The van der Waals surface area contributed by atoms with Crippen molar-refractivity contribution in [3.8, 4) is 0 Å². The number of hydrogen-bond acceptors (Lipinski definition) is 3. The highest BCUT2D eigenvalue weighted by molar-refractivity contribution is 14.1. The van der Waals surface area contributed by atoms with Gasteiger partial charge >= 0.3 is 0 Å². The van der Waals surface area contributed by atoms with Crippen molar-refractivity contribution in [1.29, 1.82) is 0 Å². The van der Waals surface area contributed by atoms with Crippen LogP contribution in [0.1, 0.15) is 27.9 Å². The number of benzene rings is 2. The Morgan fingerprint density at radius 1 is 1.08 bits per heavy atom. The highest BCUT2D eigenvalue weighted by Gasteiger charge is 2.26. The number of sulfonamides is 1. The van der Waals surface area contributed by atoms with Gasteiger partial charge in [-0.15, -0.1) is 0 Å². The first-order chi connectivity index (χ1) is 12.5. The van der Waals surface area contributed by atoms with Gasteiger partial charge in [-0.1, -0.05) is 36.4 Å². The van der Waals surface area contributed by atoms with Crippen LogP contribution in [0.25, 0.3) is 0 Å². The summed E-state index contributed by atoms with van der Waals surface area (Å²) in [5.74, 6) is -0.124. The van der Waals surface area contributed by atoms with Crippen LogP contribution < -0.4 is 5.32 Å². The Morgan fingerprint density at radius 2 is 1.77 bits per heavy atom. The van der Waals surface area contributed by atoms with E-state index in [1.165, 1.54) is 5.56 Å². The van der Waals surface area contributed by atoms with E-state index in [4.69, 9.17) is 0 Å². The molecule has 138 valence electrons. The summed E-state index contributed by atoms with van der Waals surface area (Å²) in [5, 5.41) is 2.80. The molecule has 2 aromatic carbocycles. The minimum atomic E-state index is -3.32. The summed E-state index contributed by atoms with van der Waals surface area (Å²) >= 11 is 2.12. The van der Waals surface area contributed by atoms with E-state index in [0.717, 1.165) is 15.6 Å². The molecule has 5 nitrogen and oxygen atoms in total. The lowest BCUT2D eigenvalue weighted by atomic mass is 10.0. The summed E-state index contributed by atoms with van der Waals surface area (Å²) in [6.07, 6.45) is 1.15. The van der Waals surface area contributed by atoms with Crippen LogP contribution in [0.15, 0.2) is 48.5 Å². The predicted octanol–water partition coefficient (Wildman–Crippen LogP) is 2.80. The van der Waals surface area contributed by atoms with Gasteiger partial charge in [0.15, 0.2) is 0 Å². The number of fused-ring (bicyclic) bond motifs is 1. The average molecular weight is 484 g/mol. The maximum absolute atomic E-state index is 12.6.